The first-order valence-electron chi connectivity index (χ1n) is 9.36. The summed E-state index contributed by atoms with van der Waals surface area (Å²) in [4.78, 5) is 25.1. The van der Waals surface area contributed by atoms with Gasteiger partial charge in [0.15, 0.2) is 0 Å². The molecule has 0 aliphatic heterocycles. The maximum atomic E-state index is 12.8. The van der Waals surface area contributed by atoms with Gasteiger partial charge in [-0.2, -0.15) is 13.2 Å². The van der Waals surface area contributed by atoms with E-state index in [9.17, 15) is 22.8 Å². The van der Waals surface area contributed by atoms with Crippen LogP contribution in [0, 0.1) is 17.8 Å². The van der Waals surface area contributed by atoms with Gasteiger partial charge in [-0.05, 0) is 55.7 Å². The summed E-state index contributed by atoms with van der Waals surface area (Å²) < 4.78 is 38.5. The van der Waals surface area contributed by atoms with Gasteiger partial charge in [0.2, 0.25) is 11.8 Å². The molecular weight excluding hydrogens is 357 g/mol. The van der Waals surface area contributed by atoms with Crippen molar-refractivity contribution >= 4 is 17.5 Å². The number of amides is 2. The molecule has 0 radical (unpaired) electrons. The Bertz CT molecular complexity index is 665. The van der Waals surface area contributed by atoms with Crippen LogP contribution in [0.5, 0.6) is 0 Å². The Morgan fingerprint density at radius 2 is 1.74 bits per heavy atom. The minimum Gasteiger partial charge on any atom is -0.344 e. The first-order chi connectivity index (χ1) is 12.6. The average molecular weight is 384 g/mol. The van der Waals surface area contributed by atoms with Crippen molar-refractivity contribution in [2.45, 2.75) is 58.7 Å². The van der Waals surface area contributed by atoms with Crippen LogP contribution in [0.4, 0.5) is 18.9 Å². The number of benzene rings is 1. The number of anilines is 1. The van der Waals surface area contributed by atoms with Crippen LogP contribution in [0.15, 0.2) is 24.3 Å². The topological polar surface area (TPSA) is 58.2 Å². The highest BCUT2D eigenvalue weighted by Gasteiger charge is 2.32. The Labute approximate surface area is 157 Å². The molecule has 0 unspecified atom stereocenters. The fourth-order valence-corrected chi connectivity index (χ4v) is 3.32. The normalized spacial score (nSPS) is 21.6. The highest BCUT2D eigenvalue weighted by molar-refractivity contribution is 5.97. The Morgan fingerprint density at radius 1 is 1.11 bits per heavy atom. The van der Waals surface area contributed by atoms with E-state index in [1.165, 1.54) is 12.1 Å². The van der Waals surface area contributed by atoms with Crippen molar-refractivity contribution in [2.75, 3.05) is 5.32 Å². The van der Waals surface area contributed by atoms with Crippen LogP contribution in [-0.2, 0) is 15.8 Å². The van der Waals surface area contributed by atoms with Crippen LogP contribution < -0.4 is 10.6 Å². The molecule has 0 saturated heterocycles. The van der Waals surface area contributed by atoms with Gasteiger partial charge in [0.1, 0.15) is 6.04 Å². The predicted octanol–water partition coefficient (Wildman–Crippen LogP) is 4.61. The van der Waals surface area contributed by atoms with Crippen molar-refractivity contribution in [2.24, 2.45) is 17.8 Å². The lowest BCUT2D eigenvalue weighted by atomic mass is 9.82. The van der Waals surface area contributed by atoms with Gasteiger partial charge in [0, 0.05) is 11.6 Å². The molecule has 0 bridgehead atoms. The molecule has 2 N–H and O–H groups in total. The minimum absolute atomic E-state index is 0.0567. The number of nitrogens with one attached hydrogen (secondary N) is 2. The summed E-state index contributed by atoms with van der Waals surface area (Å²) in [6.45, 7) is 5.74. The zero-order valence-corrected chi connectivity index (χ0v) is 15.9. The van der Waals surface area contributed by atoms with Crippen molar-refractivity contribution in [3.8, 4) is 0 Å². The minimum atomic E-state index is -4.48. The summed E-state index contributed by atoms with van der Waals surface area (Å²) in [5.74, 6) is -0.355. The van der Waals surface area contributed by atoms with E-state index in [0.29, 0.717) is 5.92 Å². The van der Waals surface area contributed by atoms with Crippen molar-refractivity contribution < 1.29 is 22.8 Å². The van der Waals surface area contributed by atoms with Crippen LogP contribution >= 0.6 is 0 Å². The SMILES string of the molecule is CC1CCC(C(=O)N[C@H](C(=O)Nc2cccc(C(F)(F)F)c2)C(C)C)CC1. The Kier molecular flexibility index (Phi) is 6.89. The molecular formula is C20H27F3N2O2. The van der Waals surface area contributed by atoms with Crippen molar-refractivity contribution in [3.05, 3.63) is 29.8 Å². The second kappa shape index (κ2) is 8.76. The Balaban J connectivity index is 2.04. The molecule has 0 spiro atoms. The van der Waals surface area contributed by atoms with Gasteiger partial charge in [-0.25, -0.2) is 0 Å². The van der Waals surface area contributed by atoms with E-state index in [0.717, 1.165) is 37.8 Å². The molecule has 1 aliphatic carbocycles. The van der Waals surface area contributed by atoms with E-state index in [4.69, 9.17) is 0 Å². The molecule has 1 aromatic carbocycles. The van der Waals surface area contributed by atoms with Crippen molar-refractivity contribution in [1.82, 2.24) is 5.32 Å². The summed E-state index contributed by atoms with van der Waals surface area (Å²) in [6.07, 6.45) is -0.910. The molecule has 0 heterocycles. The zero-order chi connectivity index (χ0) is 20.2. The van der Waals surface area contributed by atoms with E-state index in [2.05, 4.69) is 17.6 Å². The van der Waals surface area contributed by atoms with Gasteiger partial charge in [-0.1, -0.05) is 26.8 Å². The number of rotatable bonds is 5. The van der Waals surface area contributed by atoms with Gasteiger partial charge in [0.05, 0.1) is 5.56 Å². The maximum Gasteiger partial charge on any atom is 0.416 e. The van der Waals surface area contributed by atoms with Crippen LogP contribution in [0.3, 0.4) is 0 Å². The second-order valence-electron chi connectivity index (χ2n) is 7.75. The standard InChI is InChI=1S/C20H27F3N2O2/c1-12(2)17(25-18(26)14-9-7-13(3)8-10-14)19(27)24-16-6-4-5-15(11-16)20(21,22)23/h4-6,11-14,17H,7-10H2,1-3H3,(H,24,27)(H,25,26)/t13?,14?,17-/m0/s1. The quantitative estimate of drug-likeness (QED) is 0.779. The summed E-state index contributed by atoms with van der Waals surface area (Å²) >= 11 is 0. The summed E-state index contributed by atoms with van der Waals surface area (Å²) in [5.41, 5.74) is -0.775. The van der Waals surface area contributed by atoms with E-state index >= 15 is 0 Å². The summed E-state index contributed by atoms with van der Waals surface area (Å²) in [7, 11) is 0. The molecule has 1 fully saturated rings. The summed E-state index contributed by atoms with van der Waals surface area (Å²) in [5, 5.41) is 5.29. The molecule has 4 nitrogen and oxygen atoms in total. The van der Waals surface area contributed by atoms with Crippen LogP contribution in [0.25, 0.3) is 0 Å². The third-order valence-corrected chi connectivity index (χ3v) is 5.09. The molecule has 27 heavy (non-hydrogen) atoms. The predicted molar refractivity (Wildman–Crippen MR) is 98.0 cm³/mol. The van der Waals surface area contributed by atoms with Gasteiger partial charge in [-0.3, -0.25) is 9.59 Å². The number of carbonyl (C=O) groups excluding carboxylic acids is 2. The first kappa shape index (κ1) is 21.3. The number of hydrogen-bond acceptors (Lipinski definition) is 2. The zero-order valence-electron chi connectivity index (χ0n) is 15.9. The van der Waals surface area contributed by atoms with Gasteiger partial charge in [-0.15, -0.1) is 0 Å². The first-order valence-corrected chi connectivity index (χ1v) is 9.36. The second-order valence-corrected chi connectivity index (χ2v) is 7.75. The largest absolute Gasteiger partial charge is 0.416 e. The monoisotopic (exact) mass is 384 g/mol. The number of alkyl halides is 3. The molecule has 1 aliphatic rings. The molecule has 0 aromatic heterocycles. The van der Waals surface area contributed by atoms with Gasteiger partial charge in [0.25, 0.3) is 0 Å². The number of hydrogen-bond donors (Lipinski definition) is 2. The molecule has 1 atom stereocenters. The lowest BCUT2D eigenvalue weighted by Crippen LogP contribution is -2.49. The van der Waals surface area contributed by atoms with E-state index in [1.807, 2.05) is 0 Å². The molecule has 7 heteroatoms. The van der Waals surface area contributed by atoms with Crippen LogP contribution in [0.1, 0.15) is 52.0 Å². The molecule has 2 rings (SSSR count). The average Bonchev–Trinajstić information content (AvgIpc) is 2.59. The fraction of sp³-hybridized carbons (Fsp3) is 0.600. The van der Waals surface area contributed by atoms with Gasteiger partial charge >= 0.3 is 6.18 Å². The lowest BCUT2D eigenvalue weighted by molar-refractivity contribution is -0.137. The van der Waals surface area contributed by atoms with Crippen LogP contribution in [0.2, 0.25) is 0 Å². The van der Waals surface area contributed by atoms with Crippen LogP contribution in [-0.4, -0.2) is 17.9 Å². The Morgan fingerprint density at radius 3 is 2.30 bits per heavy atom. The molecule has 1 aromatic rings. The third kappa shape index (κ3) is 5.97. The summed E-state index contributed by atoms with van der Waals surface area (Å²) in [6, 6.07) is 3.67. The highest BCUT2D eigenvalue weighted by Crippen LogP contribution is 2.31. The number of halogens is 3. The molecule has 150 valence electrons. The smallest absolute Gasteiger partial charge is 0.344 e. The third-order valence-electron chi connectivity index (χ3n) is 5.09. The van der Waals surface area contributed by atoms with E-state index in [-0.39, 0.29) is 23.4 Å². The lowest BCUT2D eigenvalue weighted by Gasteiger charge is -2.28. The molecule has 2 amide bonds. The van der Waals surface area contributed by atoms with Crippen molar-refractivity contribution in [1.29, 1.82) is 0 Å². The van der Waals surface area contributed by atoms with Gasteiger partial charge < -0.3 is 10.6 Å². The number of carbonyl (C=O) groups is 2. The fourth-order valence-electron chi connectivity index (χ4n) is 3.32. The van der Waals surface area contributed by atoms with E-state index in [1.54, 1.807) is 13.8 Å². The van der Waals surface area contributed by atoms with E-state index < -0.39 is 23.7 Å². The maximum absolute atomic E-state index is 12.8. The highest BCUT2D eigenvalue weighted by atomic mass is 19.4. The van der Waals surface area contributed by atoms with Crippen molar-refractivity contribution in [3.63, 3.8) is 0 Å². The molecule has 1 saturated carbocycles. The Hall–Kier alpha value is -2.05.